The number of amides is 1. The fourth-order valence-electron chi connectivity index (χ4n) is 3.82. The van der Waals surface area contributed by atoms with Crippen LogP contribution in [0.25, 0.3) is 0 Å². The molecule has 0 radical (unpaired) electrons. The first-order valence-electron chi connectivity index (χ1n) is 9.00. The van der Waals surface area contributed by atoms with E-state index >= 15 is 0 Å². The molecule has 0 unspecified atom stereocenters. The first-order valence-corrected chi connectivity index (χ1v) is 9.00. The van der Waals surface area contributed by atoms with E-state index in [9.17, 15) is 9.90 Å². The van der Waals surface area contributed by atoms with Crippen LogP contribution in [0.2, 0.25) is 0 Å². The zero-order valence-electron chi connectivity index (χ0n) is 15.2. The van der Waals surface area contributed by atoms with E-state index in [0.29, 0.717) is 39.1 Å². The summed E-state index contributed by atoms with van der Waals surface area (Å²) >= 11 is 0. The van der Waals surface area contributed by atoms with Crippen molar-refractivity contribution in [2.75, 3.05) is 44.2 Å². The summed E-state index contributed by atoms with van der Waals surface area (Å²) < 4.78 is 5.56. The van der Waals surface area contributed by atoms with E-state index in [1.165, 1.54) is 11.3 Å². The molecular weight excluding hydrogens is 318 g/mol. The van der Waals surface area contributed by atoms with Crippen LogP contribution in [0, 0.1) is 6.92 Å². The number of primary amides is 1. The van der Waals surface area contributed by atoms with Crippen molar-refractivity contribution in [3.05, 3.63) is 29.8 Å². The minimum absolute atomic E-state index is 0.437. The molecule has 2 fully saturated rings. The second-order valence-electron chi connectivity index (χ2n) is 7.70. The fraction of sp³-hybridized carbons (Fsp3) is 0.632. The minimum atomic E-state index is -0.961. The van der Waals surface area contributed by atoms with Crippen LogP contribution < -0.4 is 10.6 Å². The second-order valence-corrected chi connectivity index (χ2v) is 7.70. The first kappa shape index (κ1) is 18.2. The molecule has 1 aromatic rings. The van der Waals surface area contributed by atoms with Gasteiger partial charge in [0, 0.05) is 38.4 Å². The Morgan fingerprint density at radius 2 is 2.04 bits per heavy atom. The normalized spacial score (nSPS) is 27.2. The van der Waals surface area contributed by atoms with Gasteiger partial charge in [-0.05, 0) is 44.4 Å². The molecule has 1 aromatic carbocycles. The van der Waals surface area contributed by atoms with Gasteiger partial charge < -0.3 is 20.5 Å². The summed E-state index contributed by atoms with van der Waals surface area (Å²) in [4.78, 5) is 16.1. The number of piperidine rings is 1. The van der Waals surface area contributed by atoms with E-state index in [-0.39, 0.29) is 0 Å². The molecule has 2 saturated heterocycles. The van der Waals surface area contributed by atoms with Gasteiger partial charge >= 0.3 is 0 Å². The highest BCUT2D eigenvalue weighted by Crippen LogP contribution is 2.29. The molecule has 2 aliphatic heterocycles. The van der Waals surface area contributed by atoms with Crippen molar-refractivity contribution in [1.29, 1.82) is 0 Å². The average Bonchev–Trinajstić information content (AvgIpc) is 2.55. The van der Waals surface area contributed by atoms with Gasteiger partial charge in [-0.15, -0.1) is 0 Å². The third-order valence-corrected chi connectivity index (χ3v) is 5.45. The van der Waals surface area contributed by atoms with E-state index in [1.807, 2.05) is 0 Å². The Hall–Kier alpha value is -1.63. The molecule has 138 valence electrons. The molecule has 1 amide bonds. The lowest BCUT2D eigenvalue weighted by Crippen LogP contribution is -2.60. The quantitative estimate of drug-likeness (QED) is 0.846. The third kappa shape index (κ3) is 4.14. The lowest BCUT2D eigenvalue weighted by Gasteiger charge is -2.45. The molecule has 0 aromatic heterocycles. The van der Waals surface area contributed by atoms with E-state index in [4.69, 9.17) is 10.5 Å². The van der Waals surface area contributed by atoms with Crippen LogP contribution in [0.5, 0.6) is 0 Å². The van der Waals surface area contributed by atoms with E-state index in [1.54, 1.807) is 6.92 Å². The number of hydrogen-bond donors (Lipinski definition) is 2. The Morgan fingerprint density at radius 1 is 1.32 bits per heavy atom. The summed E-state index contributed by atoms with van der Waals surface area (Å²) in [6.07, 6.45) is 1.43. The molecule has 2 aliphatic rings. The summed E-state index contributed by atoms with van der Waals surface area (Å²) in [5.74, 6) is -0.446. The minimum Gasteiger partial charge on any atom is -0.388 e. The number of anilines is 1. The number of nitrogens with two attached hydrogens (primary N) is 1. The molecule has 3 rings (SSSR count). The summed E-state index contributed by atoms with van der Waals surface area (Å²) in [6.45, 7) is 7.66. The second kappa shape index (κ2) is 6.94. The standard InChI is InChI=1S/C19H29N3O3/c1-15-4-3-5-16(12-15)22-8-6-19(24,7-9-22)14-21-10-11-25-18(2,13-21)17(20)23/h3-5,12,24H,6-11,13-14H2,1-2H3,(H2,20,23)/t18-/m1/s1. The van der Waals surface area contributed by atoms with Gasteiger partial charge in [0.1, 0.15) is 0 Å². The maximum absolute atomic E-state index is 11.6. The van der Waals surface area contributed by atoms with Crippen LogP contribution in [0.15, 0.2) is 24.3 Å². The molecule has 25 heavy (non-hydrogen) atoms. The molecule has 0 spiro atoms. The van der Waals surface area contributed by atoms with Crippen LogP contribution >= 0.6 is 0 Å². The van der Waals surface area contributed by atoms with Crippen molar-refractivity contribution in [2.45, 2.75) is 37.9 Å². The summed E-state index contributed by atoms with van der Waals surface area (Å²) in [6, 6.07) is 8.48. The fourth-order valence-corrected chi connectivity index (χ4v) is 3.82. The monoisotopic (exact) mass is 347 g/mol. The Bertz CT molecular complexity index is 628. The van der Waals surface area contributed by atoms with Gasteiger partial charge in [-0.1, -0.05) is 12.1 Å². The topological polar surface area (TPSA) is 79.0 Å². The number of ether oxygens (including phenoxy) is 1. The first-order chi connectivity index (χ1) is 11.8. The van der Waals surface area contributed by atoms with Crippen molar-refractivity contribution in [3.8, 4) is 0 Å². The number of morpholine rings is 1. The smallest absolute Gasteiger partial charge is 0.250 e. The molecular formula is C19H29N3O3. The van der Waals surface area contributed by atoms with Gasteiger partial charge in [0.2, 0.25) is 0 Å². The Balaban J connectivity index is 1.58. The van der Waals surface area contributed by atoms with Crippen molar-refractivity contribution < 1.29 is 14.6 Å². The van der Waals surface area contributed by atoms with Gasteiger partial charge in [-0.25, -0.2) is 0 Å². The van der Waals surface area contributed by atoms with Crippen LogP contribution in [0.4, 0.5) is 5.69 Å². The third-order valence-electron chi connectivity index (χ3n) is 5.45. The number of hydrogen-bond acceptors (Lipinski definition) is 5. The Labute approximate surface area is 149 Å². The largest absolute Gasteiger partial charge is 0.388 e. The predicted octanol–water partition coefficient (Wildman–Crippen LogP) is 0.903. The van der Waals surface area contributed by atoms with Crippen molar-refractivity contribution in [1.82, 2.24) is 4.90 Å². The predicted molar refractivity (Wildman–Crippen MR) is 97.6 cm³/mol. The van der Waals surface area contributed by atoms with Gasteiger partial charge in [-0.3, -0.25) is 9.69 Å². The number of β-amino-alcohol motifs (C(OH)–C–C–N with tert-alkyl or cyclic N) is 1. The SMILES string of the molecule is Cc1cccc(N2CCC(O)(CN3CCO[C@@](C)(C(N)=O)C3)CC2)c1. The number of benzene rings is 1. The number of rotatable bonds is 4. The number of nitrogens with zero attached hydrogens (tertiary/aromatic N) is 2. The number of carbonyl (C=O) groups excluding carboxylic acids is 1. The van der Waals surface area contributed by atoms with E-state index in [2.05, 4.69) is 41.0 Å². The molecule has 3 N–H and O–H groups in total. The average molecular weight is 347 g/mol. The lowest BCUT2D eigenvalue weighted by atomic mass is 9.89. The summed E-state index contributed by atoms with van der Waals surface area (Å²) in [5.41, 5.74) is 6.24. The van der Waals surface area contributed by atoms with Crippen LogP contribution in [0.1, 0.15) is 25.3 Å². The van der Waals surface area contributed by atoms with Gasteiger partial charge in [0.25, 0.3) is 5.91 Å². The van der Waals surface area contributed by atoms with Gasteiger partial charge in [0.05, 0.1) is 12.2 Å². The molecule has 1 atom stereocenters. The van der Waals surface area contributed by atoms with Gasteiger partial charge in [-0.2, -0.15) is 0 Å². The molecule has 0 bridgehead atoms. The zero-order chi connectivity index (χ0) is 18.1. The highest BCUT2D eigenvalue weighted by Gasteiger charge is 2.41. The zero-order valence-corrected chi connectivity index (χ0v) is 15.2. The lowest BCUT2D eigenvalue weighted by molar-refractivity contribution is -0.157. The van der Waals surface area contributed by atoms with Crippen molar-refractivity contribution in [3.63, 3.8) is 0 Å². The van der Waals surface area contributed by atoms with Crippen LogP contribution in [-0.4, -0.2) is 66.4 Å². The van der Waals surface area contributed by atoms with Crippen molar-refractivity contribution >= 4 is 11.6 Å². The van der Waals surface area contributed by atoms with E-state index < -0.39 is 17.1 Å². The Kier molecular flexibility index (Phi) is 5.04. The maximum Gasteiger partial charge on any atom is 0.250 e. The summed E-state index contributed by atoms with van der Waals surface area (Å²) in [7, 11) is 0. The number of carbonyl (C=O) groups is 1. The van der Waals surface area contributed by atoms with E-state index in [0.717, 1.165) is 13.1 Å². The molecule has 2 heterocycles. The maximum atomic E-state index is 11.6. The molecule has 0 aliphatic carbocycles. The molecule has 6 nitrogen and oxygen atoms in total. The van der Waals surface area contributed by atoms with Crippen LogP contribution in [0.3, 0.4) is 0 Å². The van der Waals surface area contributed by atoms with Gasteiger partial charge in [0.15, 0.2) is 5.60 Å². The number of aryl methyl sites for hydroxylation is 1. The number of aliphatic hydroxyl groups is 1. The van der Waals surface area contributed by atoms with Crippen LogP contribution in [-0.2, 0) is 9.53 Å². The Morgan fingerprint density at radius 3 is 2.68 bits per heavy atom. The van der Waals surface area contributed by atoms with Crippen molar-refractivity contribution in [2.24, 2.45) is 5.73 Å². The highest BCUT2D eigenvalue weighted by atomic mass is 16.5. The molecule has 0 saturated carbocycles. The highest BCUT2D eigenvalue weighted by molar-refractivity contribution is 5.83. The summed E-state index contributed by atoms with van der Waals surface area (Å²) in [5, 5.41) is 11.0. The molecule has 6 heteroatoms.